The molecule has 1 aromatic carbocycles. The predicted molar refractivity (Wildman–Crippen MR) is 161 cm³/mol. The molecule has 0 bridgehead atoms. The van der Waals surface area contributed by atoms with Crippen LogP contribution in [0.2, 0.25) is 0 Å². The fourth-order valence-electron chi connectivity index (χ4n) is 5.60. The molecule has 0 N–H and O–H groups in total. The zero-order chi connectivity index (χ0) is 28.5. The zero-order valence-electron chi connectivity index (χ0n) is 24.7. The van der Waals surface area contributed by atoms with Gasteiger partial charge < -0.3 is 9.38 Å². The van der Waals surface area contributed by atoms with E-state index in [0.717, 1.165) is 23.1 Å². The average molecular weight is 535 g/mol. The summed E-state index contributed by atoms with van der Waals surface area (Å²) in [6, 6.07) is 8.50. The Bertz CT molecular complexity index is 1140. The highest BCUT2D eigenvalue weighted by Crippen LogP contribution is 2.47. The van der Waals surface area contributed by atoms with Crippen LogP contribution in [0.3, 0.4) is 0 Å². The number of quaternary nitrogens is 1. The van der Waals surface area contributed by atoms with Crippen LogP contribution >= 0.6 is 0 Å². The first kappa shape index (κ1) is 30.6. The van der Waals surface area contributed by atoms with Gasteiger partial charge in [0.05, 0.1) is 32.6 Å². The number of nitrogens with zero attached hydrogens (tertiary/aromatic N) is 3. The highest BCUT2D eigenvalue weighted by Gasteiger charge is 2.39. The molecular formula is C33H48N3O3+. The van der Waals surface area contributed by atoms with Crippen molar-refractivity contribution in [3.05, 3.63) is 87.3 Å². The number of benzene rings is 1. The molecule has 0 atom stereocenters. The van der Waals surface area contributed by atoms with E-state index >= 15 is 0 Å². The van der Waals surface area contributed by atoms with Crippen LogP contribution in [-0.2, 0) is 10.2 Å². The van der Waals surface area contributed by atoms with E-state index in [1.807, 2.05) is 6.08 Å². The number of hydrogen-bond donors (Lipinski definition) is 0. The Morgan fingerprint density at radius 1 is 0.872 bits per heavy atom. The molecule has 0 unspecified atom stereocenters. The van der Waals surface area contributed by atoms with E-state index in [2.05, 4.69) is 64.2 Å². The molecular weight excluding hydrogens is 486 g/mol. The molecule has 3 rings (SSSR count). The number of carbonyl (C=O) groups excluding carboxylic acids is 1. The van der Waals surface area contributed by atoms with Gasteiger partial charge in [0.1, 0.15) is 0 Å². The Morgan fingerprint density at radius 2 is 1.46 bits per heavy atom. The molecule has 2 aliphatic rings. The molecule has 0 aromatic heterocycles. The molecule has 0 spiro atoms. The van der Waals surface area contributed by atoms with Crippen LogP contribution in [0.1, 0.15) is 83.6 Å². The van der Waals surface area contributed by atoms with Crippen LogP contribution in [0.4, 0.5) is 5.69 Å². The van der Waals surface area contributed by atoms with Gasteiger partial charge in [0, 0.05) is 41.1 Å². The Hall–Kier alpha value is -2.99. The van der Waals surface area contributed by atoms with Gasteiger partial charge in [-0.3, -0.25) is 14.9 Å². The van der Waals surface area contributed by atoms with E-state index in [0.29, 0.717) is 5.57 Å². The third-order valence-electron chi connectivity index (χ3n) is 7.88. The Kier molecular flexibility index (Phi) is 10.9. The summed E-state index contributed by atoms with van der Waals surface area (Å²) in [5, 5.41) is 11.2. The summed E-state index contributed by atoms with van der Waals surface area (Å²) in [6.45, 7) is 6.60. The lowest BCUT2D eigenvalue weighted by atomic mass is 9.83. The number of carbonyl (C=O) groups is 1. The van der Waals surface area contributed by atoms with Crippen molar-refractivity contribution in [3.63, 3.8) is 0 Å². The maximum Gasteiger partial charge on any atom is 0.270 e. The highest BCUT2D eigenvalue weighted by atomic mass is 16.6. The average Bonchev–Trinajstić information content (AvgIpc) is 3.09. The van der Waals surface area contributed by atoms with Gasteiger partial charge in [0.25, 0.3) is 5.70 Å². The minimum Gasteiger partial charge on any atom is -0.344 e. The summed E-state index contributed by atoms with van der Waals surface area (Å²) in [5.41, 5.74) is 3.67. The largest absolute Gasteiger partial charge is 0.344 e. The fraction of sp³-hybridized carbons (Fsp3) is 0.545. The summed E-state index contributed by atoms with van der Waals surface area (Å²) in [7, 11) is 6.80. The lowest BCUT2D eigenvalue weighted by molar-refractivity contribution is -0.870. The molecule has 6 heteroatoms. The standard InChI is InChI=1S/C33H48N3O3/c1-33(2)29-18-14-15-19-30(29)34(32(33)23-20-27-26-28(35(38)39)21-22-31(27)37)24-16-12-10-8-6-7-9-11-13-17-25-36(3,4)5/h14-15,18-23,26H,6-13,16-17,24-25H2,1-5H3/q+1/b27-20-,32-23+. The number of nitro groups is 1. The van der Waals surface area contributed by atoms with E-state index in [1.165, 1.54) is 93.8 Å². The van der Waals surface area contributed by atoms with E-state index < -0.39 is 4.92 Å². The summed E-state index contributed by atoms with van der Waals surface area (Å²) in [6.07, 6.45) is 20.6. The molecule has 0 saturated carbocycles. The SMILES string of the molecule is CC1(C)/C(=C\C=C2\C=C([N+](=O)[O-])C=CC2=O)N(CCCCCCCCCCCC[N+](C)(C)C)c2ccccc21. The van der Waals surface area contributed by atoms with Crippen molar-refractivity contribution in [3.8, 4) is 0 Å². The highest BCUT2D eigenvalue weighted by molar-refractivity contribution is 6.07. The number of unbranched alkanes of at least 4 members (excludes halogenated alkanes) is 9. The molecule has 0 fully saturated rings. The first-order valence-electron chi connectivity index (χ1n) is 14.7. The van der Waals surface area contributed by atoms with Crippen molar-refractivity contribution in [1.82, 2.24) is 0 Å². The van der Waals surface area contributed by atoms with Gasteiger partial charge in [-0.25, -0.2) is 0 Å². The second-order valence-corrected chi connectivity index (χ2v) is 12.5. The van der Waals surface area contributed by atoms with Gasteiger partial charge in [-0.15, -0.1) is 0 Å². The molecule has 0 saturated heterocycles. The third kappa shape index (κ3) is 8.76. The fourth-order valence-corrected chi connectivity index (χ4v) is 5.60. The maximum atomic E-state index is 12.4. The number of hydrogen-bond acceptors (Lipinski definition) is 4. The van der Waals surface area contributed by atoms with E-state index in [-0.39, 0.29) is 16.9 Å². The van der Waals surface area contributed by atoms with Crippen molar-refractivity contribution >= 4 is 11.5 Å². The van der Waals surface area contributed by atoms with E-state index in [4.69, 9.17) is 0 Å². The van der Waals surface area contributed by atoms with Gasteiger partial charge in [-0.2, -0.15) is 0 Å². The predicted octanol–water partition coefficient (Wildman–Crippen LogP) is 7.50. The first-order valence-corrected chi connectivity index (χ1v) is 14.7. The van der Waals surface area contributed by atoms with Gasteiger partial charge in [0.15, 0.2) is 5.78 Å². The molecule has 39 heavy (non-hydrogen) atoms. The molecule has 0 radical (unpaired) electrons. The monoisotopic (exact) mass is 534 g/mol. The van der Waals surface area contributed by atoms with Gasteiger partial charge in [-0.1, -0.05) is 77.0 Å². The van der Waals surface area contributed by atoms with Crippen LogP contribution in [0, 0.1) is 10.1 Å². The van der Waals surface area contributed by atoms with Crippen molar-refractivity contribution in [1.29, 1.82) is 0 Å². The quantitative estimate of drug-likeness (QED) is 0.0768. The van der Waals surface area contributed by atoms with Crippen molar-refractivity contribution < 1.29 is 14.2 Å². The minimum absolute atomic E-state index is 0.0649. The van der Waals surface area contributed by atoms with Crippen LogP contribution in [-0.4, -0.2) is 49.4 Å². The molecule has 1 aliphatic heterocycles. The van der Waals surface area contributed by atoms with Crippen molar-refractivity contribution in [2.24, 2.45) is 0 Å². The molecule has 6 nitrogen and oxygen atoms in total. The first-order chi connectivity index (χ1) is 18.5. The number of para-hydroxylation sites is 1. The number of rotatable bonds is 15. The lowest BCUT2D eigenvalue weighted by Crippen LogP contribution is -2.35. The Balaban J connectivity index is 1.53. The second kappa shape index (κ2) is 13.9. The molecule has 1 aliphatic carbocycles. The van der Waals surface area contributed by atoms with Gasteiger partial charge in [-0.05, 0) is 49.1 Å². The number of anilines is 1. The summed E-state index contributed by atoms with van der Waals surface area (Å²) in [5.74, 6) is -0.207. The molecule has 1 aromatic rings. The van der Waals surface area contributed by atoms with Gasteiger partial charge in [0.2, 0.25) is 0 Å². The normalized spacial score (nSPS) is 18.6. The van der Waals surface area contributed by atoms with E-state index in [9.17, 15) is 14.9 Å². The number of fused-ring (bicyclic) bond motifs is 1. The second-order valence-electron chi connectivity index (χ2n) is 12.5. The molecule has 0 amide bonds. The Morgan fingerprint density at radius 3 is 2.08 bits per heavy atom. The lowest BCUT2D eigenvalue weighted by Gasteiger charge is -2.27. The number of ketones is 1. The van der Waals surface area contributed by atoms with Crippen LogP contribution < -0.4 is 4.90 Å². The minimum atomic E-state index is -0.459. The molecule has 212 valence electrons. The van der Waals surface area contributed by atoms with E-state index in [1.54, 1.807) is 6.08 Å². The van der Waals surface area contributed by atoms with Crippen LogP contribution in [0.15, 0.2) is 71.6 Å². The van der Waals surface area contributed by atoms with Crippen LogP contribution in [0.5, 0.6) is 0 Å². The van der Waals surface area contributed by atoms with Crippen molar-refractivity contribution in [2.45, 2.75) is 83.5 Å². The Labute approximate surface area is 235 Å². The number of allylic oxidation sites excluding steroid dienone is 7. The summed E-state index contributed by atoms with van der Waals surface area (Å²) in [4.78, 5) is 25.5. The van der Waals surface area contributed by atoms with Crippen molar-refractivity contribution in [2.75, 3.05) is 39.1 Å². The summed E-state index contributed by atoms with van der Waals surface area (Å²) >= 11 is 0. The van der Waals surface area contributed by atoms with Gasteiger partial charge >= 0.3 is 0 Å². The van der Waals surface area contributed by atoms with Crippen LogP contribution in [0.25, 0.3) is 0 Å². The smallest absolute Gasteiger partial charge is 0.270 e. The maximum absolute atomic E-state index is 12.4. The third-order valence-corrected chi connectivity index (χ3v) is 7.88. The molecule has 1 heterocycles. The summed E-state index contributed by atoms with van der Waals surface area (Å²) < 4.78 is 1.06. The topological polar surface area (TPSA) is 63.5 Å². The zero-order valence-corrected chi connectivity index (χ0v) is 24.7.